The lowest BCUT2D eigenvalue weighted by atomic mass is 10.2. The predicted octanol–water partition coefficient (Wildman–Crippen LogP) is 1.49. The SMILES string of the molecule is CCCNc1ccnc(CN2CC(C)OC(CO)C2)c1. The molecule has 2 heterocycles. The predicted molar refractivity (Wildman–Crippen MR) is 79.7 cm³/mol. The van der Waals surface area contributed by atoms with Crippen molar-refractivity contribution in [1.82, 2.24) is 9.88 Å². The van der Waals surface area contributed by atoms with Gasteiger partial charge in [-0.25, -0.2) is 0 Å². The normalized spacial score (nSPS) is 23.8. The van der Waals surface area contributed by atoms with Crippen LogP contribution in [0.2, 0.25) is 0 Å². The van der Waals surface area contributed by atoms with Gasteiger partial charge in [0.1, 0.15) is 0 Å². The van der Waals surface area contributed by atoms with Crippen LogP contribution in [0.15, 0.2) is 18.3 Å². The van der Waals surface area contributed by atoms with E-state index >= 15 is 0 Å². The molecular weight excluding hydrogens is 254 g/mol. The van der Waals surface area contributed by atoms with Crippen LogP contribution in [0, 0.1) is 0 Å². The van der Waals surface area contributed by atoms with E-state index in [9.17, 15) is 5.11 Å². The molecule has 0 saturated carbocycles. The Labute approximate surface area is 121 Å². The Kier molecular flexibility index (Phi) is 5.76. The van der Waals surface area contributed by atoms with Crippen LogP contribution >= 0.6 is 0 Å². The number of aliphatic hydroxyl groups is 1. The summed E-state index contributed by atoms with van der Waals surface area (Å²) in [6, 6.07) is 4.10. The lowest BCUT2D eigenvalue weighted by molar-refractivity contribution is -0.0974. The molecule has 2 unspecified atom stereocenters. The molecule has 1 aromatic rings. The lowest BCUT2D eigenvalue weighted by Gasteiger charge is -2.35. The summed E-state index contributed by atoms with van der Waals surface area (Å²) in [6.07, 6.45) is 3.03. The highest BCUT2D eigenvalue weighted by molar-refractivity contribution is 5.43. The lowest BCUT2D eigenvalue weighted by Crippen LogP contribution is -2.47. The van der Waals surface area contributed by atoms with Gasteiger partial charge in [-0.05, 0) is 25.5 Å². The van der Waals surface area contributed by atoms with E-state index < -0.39 is 0 Å². The highest BCUT2D eigenvalue weighted by Gasteiger charge is 2.24. The molecule has 1 saturated heterocycles. The van der Waals surface area contributed by atoms with Crippen molar-refractivity contribution in [2.45, 2.75) is 39.0 Å². The summed E-state index contributed by atoms with van der Waals surface area (Å²) < 4.78 is 5.66. The molecule has 1 aliphatic heterocycles. The zero-order chi connectivity index (χ0) is 14.4. The van der Waals surface area contributed by atoms with Crippen molar-refractivity contribution in [1.29, 1.82) is 0 Å². The number of rotatable bonds is 6. The third-order valence-electron chi connectivity index (χ3n) is 3.39. The minimum absolute atomic E-state index is 0.0758. The quantitative estimate of drug-likeness (QED) is 0.826. The third-order valence-corrected chi connectivity index (χ3v) is 3.39. The molecule has 0 aromatic carbocycles. The van der Waals surface area contributed by atoms with Crippen molar-refractivity contribution in [3.63, 3.8) is 0 Å². The first-order chi connectivity index (χ1) is 9.71. The maximum absolute atomic E-state index is 9.26. The number of anilines is 1. The van der Waals surface area contributed by atoms with Crippen LogP contribution in [0.25, 0.3) is 0 Å². The Bertz CT molecular complexity index is 414. The summed E-state index contributed by atoms with van der Waals surface area (Å²) in [5.41, 5.74) is 2.17. The van der Waals surface area contributed by atoms with Gasteiger partial charge in [0, 0.05) is 38.1 Å². The van der Waals surface area contributed by atoms with Gasteiger partial charge in [0.15, 0.2) is 0 Å². The van der Waals surface area contributed by atoms with E-state index in [1.54, 1.807) is 0 Å². The van der Waals surface area contributed by atoms with Crippen molar-refractivity contribution < 1.29 is 9.84 Å². The molecule has 5 nitrogen and oxygen atoms in total. The second-order valence-corrected chi connectivity index (χ2v) is 5.41. The first kappa shape index (κ1) is 15.2. The average molecular weight is 279 g/mol. The van der Waals surface area contributed by atoms with Gasteiger partial charge in [-0.3, -0.25) is 9.88 Å². The topological polar surface area (TPSA) is 57.6 Å². The van der Waals surface area contributed by atoms with Gasteiger partial charge in [-0.15, -0.1) is 0 Å². The van der Waals surface area contributed by atoms with Crippen molar-refractivity contribution in [2.24, 2.45) is 0 Å². The number of hydrogen-bond acceptors (Lipinski definition) is 5. The fraction of sp³-hybridized carbons (Fsp3) is 0.667. The van der Waals surface area contributed by atoms with Crippen LogP contribution < -0.4 is 5.32 Å². The molecule has 0 amide bonds. The Balaban J connectivity index is 1.94. The molecule has 20 heavy (non-hydrogen) atoms. The second-order valence-electron chi connectivity index (χ2n) is 5.41. The second kappa shape index (κ2) is 7.57. The molecule has 2 rings (SSSR count). The van der Waals surface area contributed by atoms with E-state index in [2.05, 4.69) is 28.2 Å². The first-order valence-corrected chi connectivity index (χ1v) is 7.38. The van der Waals surface area contributed by atoms with Crippen LogP contribution in [0.3, 0.4) is 0 Å². The van der Waals surface area contributed by atoms with E-state index in [0.717, 1.165) is 44.0 Å². The number of aromatic nitrogens is 1. The zero-order valence-electron chi connectivity index (χ0n) is 12.4. The van der Waals surface area contributed by atoms with Crippen molar-refractivity contribution in [2.75, 3.05) is 31.6 Å². The Morgan fingerprint density at radius 2 is 2.35 bits per heavy atom. The molecule has 0 radical (unpaired) electrons. The molecule has 2 N–H and O–H groups in total. The Hall–Kier alpha value is -1.17. The standard InChI is InChI=1S/C15H25N3O2/c1-3-5-16-13-4-6-17-14(7-13)9-18-8-12(2)20-15(10-18)11-19/h4,6-7,12,15,19H,3,5,8-11H2,1-2H3,(H,16,17). The van der Waals surface area contributed by atoms with Gasteiger partial charge in [0.25, 0.3) is 0 Å². The minimum Gasteiger partial charge on any atom is -0.394 e. The Morgan fingerprint density at radius 1 is 1.50 bits per heavy atom. The van der Waals surface area contributed by atoms with E-state index in [1.165, 1.54) is 0 Å². The van der Waals surface area contributed by atoms with E-state index in [1.807, 2.05) is 19.2 Å². The van der Waals surface area contributed by atoms with E-state index in [4.69, 9.17) is 4.74 Å². The molecule has 1 fully saturated rings. The molecule has 0 spiro atoms. The van der Waals surface area contributed by atoms with Gasteiger partial charge >= 0.3 is 0 Å². The van der Waals surface area contributed by atoms with Gasteiger partial charge in [0.2, 0.25) is 0 Å². The summed E-state index contributed by atoms with van der Waals surface area (Å²) in [6.45, 7) is 7.68. The summed E-state index contributed by atoms with van der Waals surface area (Å²) in [4.78, 5) is 6.73. The smallest absolute Gasteiger partial charge is 0.0936 e. The number of hydrogen-bond donors (Lipinski definition) is 2. The van der Waals surface area contributed by atoms with E-state index in [0.29, 0.717) is 0 Å². The molecule has 1 aromatic heterocycles. The number of ether oxygens (including phenoxy) is 1. The zero-order valence-corrected chi connectivity index (χ0v) is 12.4. The van der Waals surface area contributed by atoms with Crippen LogP contribution in [-0.2, 0) is 11.3 Å². The highest BCUT2D eigenvalue weighted by Crippen LogP contribution is 2.15. The largest absolute Gasteiger partial charge is 0.394 e. The van der Waals surface area contributed by atoms with Crippen molar-refractivity contribution in [3.8, 4) is 0 Å². The van der Waals surface area contributed by atoms with Crippen molar-refractivity contribution in [3.05, 3.63) is 24.0 Å². The maximum Gasteiger partial charge on any atom is 0.0936 e. The highest BCUT2D eigenvalue weighted by atomic mass is 16.5. The maximum atomic E-state index is 9.26. The molecule has 2 atom stereocenters. The Morgan fingerprint density at radius 3 is 3.10 bits per heavy atom. The molecule has 1 aliphatic rings. The van der Waals surface area contributed by atoms with Gasteiger partial charge in [0.05, 0.1) is 24.5 Å². The summed E-state index contributed by atoms with van der Waals surface area (Å²) in [5.74, 6) is 0. The van der Waals surface area contributed by atoms with Gasteiger partial charge in [-0.1, -0.05) is 6.92 Å². The van der Waals surface area contributed by atoms with Crippen LogP contribution in [0.1, 0.15) is 26.0 Å². The van der Waals surface area contributed by atoms with Gasteiger partial charge in [-0.2, -0.15) is 0 Å². The third kappa shape index (κ3) is 4.44. The van der Waals surface area contributed by atoms with Crippen molar-refractivity contribution >= 4 is 5.69 Å². The molecule has 0 aliphatic carbocycles. The van der Waals surface area contributed by atoms with Gasteiger partial charge < -0.3 is 15.2 Å². The molecule has 5 heteroatoms. The number of nitrogens with zero attached hydrogens (tertiary/aromatic N) is 2. The number of aliphatic hydroxyl groups excluding tert-OH is 1. The number of nitrogens with one attached hydrogen (secondary N) is 1. The first-order valence-electron chi connectivity index (χ1n) is 7.38. The molecule has 112 valence electrons. The van der Waals surface area contributed by atoms with Crippen LogP contribution in [0.4, 0.5) is 5.69 Å². The number of pyridine rings is 1. The fourth-order valence-electron chi connectivity index (χ4n) is 2.54. The van der Waals surface area contributed by atoms with Crippen LogP contribution in [-0.4, -0.2) is 53.4 Å². The fourth-order valence-corrected chi connectivity index (χ4v) is 2.54. The summed E-state index contributed by atoms with van der Waals surface area (Å²) >= 11 is 0. The molecular formula is C15H25N3O2. The average Bonchev–Trinajstić information content (AvgIpc) is 2.45. The minimum atomic E-state index is -0.0832. The van der Waals surface area contributed by atoms with E-state index in [-0.39, 0.29) is 18.8 Å². The summed E-state index contributed by atoms with van der Waals surface area (Å²) in [7, 11) is 0. The number of morpholine rings is 1. The monoisotopic (exact) mass is 279 g/mol. The van der Waals surface area contributed by atoms with Crippen LogP contribution in [0.5, 0.6) is 0 Å². The molecule has 0 bridgehead atoms. The summed E-state index contributed by atoms with van der Waals surface area (Å²) in [5, 5.41) is 12.6.